The van der Waals surface area contributed by atoms with E-state index in [0.29, 0.717) is 0 Å². The molecule has 0 spiro atoms. The number of hydrogen-bond acceptors (Lipinski definition) is 2. The van der Waals surface area contributed by atoms with Gasteiger partial charge in [0, 0.05) is 4.90 Å². The molecule has 3 heteroatoms. The first kappa shape index (κ1) is 11.3. The van der Waals surface area contributed by atoms with E-state index in [1.807, 2.05) is 42.5 Å². The molecule has 16 heavy (non-hydrogen) atoms. The van der Waals surface area contributed by atoms with Crippen molar-refractivity contribution in [3.05, 3.63) is 60.2 Å². The van der Waals surface area contributed by atoms with Crippen LogP contribution in [-0.2, 0) is 20.9 Å². The van der Waals surface area contributed by atoms with Crippen molar-refractivity contribution in [1.82, 2.24) is 0 Å². The summed E-state index contributed by atoms with van der Waals surface area (Å²) in [5, 5.41) is 0. The summed E-state index contributed by atoms with van der Waals surface area (Å²) in [5.74, 6) is 0.822. The predicted molar refractivity (Wildman–Crippen MR) is 71.2 cm³/mol. The van der Waals surface area contributed by atoms with Crippen molar-refractivity contribution in [2.75, 3.05) is 0 Å². The fraction of sp³-hybridized carbons (Fsp3) is 0.0769. The van der Waals surface area contributed by atoms with Gasteiger partial charge >= 0.3 is 0 Å². The molecule has 1 nitrogen and oxygen atoms in total. The Kier molecular flexibility index (Phi) is 3.70. The lowest BCUT2D eigenvalue weighted by Crippen LogP contribution is -1.99. The Balaban J connectivity index is 2.15. The first-order valence-corrected chi connectivity index (χ1v) is 7.05. The van der Waals surface area contributed by atoms with Gasteiger partial charge in [-0.3, -0.25) is 0 Å². The van der Waals surface area contributed by atoms with Crippen LogP contribution in [0.3, 0.4) is 0 Å². The summed E-state index contributed by atoms with van der Waals surface area (Å²) in [6.07, 6.45) is 0. The Bertz CT molecular complexity index is 494. The topological polar surface area (TPSA) is 9.23 Å². The Morgan fingerprint density at radius 3 is 2.44 bits per heavy atom. The van der Waals surface area contributed by atoms with Crippen LogP contribution in [0.1, 0.15) is 5.56 Å². The van der Waals surface area contributed by atoms with Gasteiger partial charge in [0.2, 0.25) is 0 Å². The maximum absolute atomic E-state index is 5.70. The summed E-state index contributed by atoms with van der Waals surface area (Å²) in [5.41, 5.74) is 1.21. The van der Waals surface area contributed by atoms with Gasteiger partial charge in [-0.1, -0.05) is 30.3 Å². The van der Waals surface area contributed by atoms with Crippen molar-refractivity contribution < 1.29 is 4.18 Å². The van der Waals surface area contributed by atoms with Crippen LogP contribution in [0, 0.1) is 6.92 Å². The zero-order valence-corrected chi connectivity index (χ0v) is 10.6. The van der Waals surface area contributed by atoms with Crippen LogP contribution in [0.15, 0.2) is 59.5 Å². The zero-order valence-electron chi connectivity index (χ0n) is 8.92. The number of para-hydroxylation sites is 1. The number of hydrogen-bond donors (Lipinski definition) is 0. The average molecular weight is 248 g/mol. The Hall–Kier alpha value is -1.19. The van der Waals surface area contributed by atoms with Gasteiger partial charge in [-0.05, 0) is 47.9 Å². The Morgan fingerprint density at radius 1 is 1.00 bits per heavy atom. The first-order valence-electron chi connectivity index (χ1n) is 4.97. The van der Waals surface area contributed by atoms with Gasteiger partial charge in [0.05, 0.1) is 9.74 Å². The second kappa shape index (κ2) is 5.23. The van der Waals surface area contributed by atoms with E-state index in [0.717, 1.165) is 10.6 Å². The largest absolute Gasteiger partial charge is 0.419 e. The summed E-state index contributed by atoms with van der Waals surface area (Å²) in [4.78, 5) is 1.05. The fourth-order valence-electron chi connectivity index (χ4n) is 1.33. The van der Waals surface area contributed by atoms with Gasteiger partial charge in [-0.2, -0.15) is 0 Å². The standard InChI is InChI=1S/C13H12OS2/c1-11-6-5-9-13(10-11)16(15)14-12-7-3-2-4-8-12/h2-10H,1H3. The molecule has 0 aliphatic carbocycles. The highest BCUT2D eigenvalue weighted by atomic mass is 32.8. The van der Waals surface area contributed by atoms with E-state index in [-0.39, 0.29) is 0 Å². The average Bonchev–Trinajstić information content (AvgIpc) is 2.30. The molecule has 0 amide bonds. The van der Waals surface area contributed by atoms with Crippen LogP contribution < -0.4 is 4.18 Å². The van der Waals surface area contributed by atoms with Crippen LogP contribution >= 0.6 is 0 Å². The molecule has 0 heterocycles. The monoisotopic (exact) mass is 248 g/mol. The second-order valence-electron chi connectivity index (χ2n) is 3.45. The van der Waals surface area contributed by atoms with Gasteiger partial charge in [0.15, 0.2) is 0 Å². The fourth-order valence-corrected chi connectivity index (χ4v) is 2.73. The minimum atomic E-state index is -0.611. The van der Waals surface area contributed by atoms with Gasteiger partial charge in [0.1, 0.15) is 5.75 Å². The lowest BCUT2D eigenvalue weighted by molar-refractivity contribution is 0.639. The quantitative estimate of drug-likeness (QED) is 0.823. The number of rotatable bonds is 3. The molecule has 0 saturated heterocycles. The van der Waals surface area contributed by atoms with Crippen molar-refractivity contribution in [1.29, 1.82) is 0 Å². The van der Waals surface area contributed by atoms with E-state index in [2.05, 4.69) is 19.1 Å². The van der Waals surface area contributed by atoms with Gasteiger partial charge in [0.25, 0.3) is 0 Å². The predicted octanol–water partition coefficient (Wildman–Crippen LogP) is 3.43. The number of aryl methyl sites for hydroxylation is 1. The second-order valence-corrected chi connectivity index (χ2v) is 5.46. The van der Waals surface area contributed by atoms with Crippen LogP contribution in [0.25, 0.3) is 0 Å². The summed E-state index contributed by atoms with van der Waals surface area (Å²) in [7, 11) is -0.611. The molecule has 0 radical (unpaired) electrons. The van der Waals surface area contributed by atoms with E-state index in [1.54, 1.807) is 0 Å². The summed E-state index contributed by atoms with van der Waals surface area (Å²) >= 11 is 5.35. The van der Waals surface area contributed by atoms with Crippen LogP contribution in [0.2, 0.25) is 0 Å². The molecule has 1 unspecified atom stereocenters. The van der Waals surface area contributed by atoms with Crippen molar-refractivity contribution in [2.24, 2.45) is 0 Å². The van der Waals surface area contributed by atoms with Crippen molar-refractivity contribution in [3.63, 3.8) is 0 Å². The summed E-state index contributed by atoms with van der Waals surface area (Å²) in [6.45, 7) is 2.05. The molecule has 2 aromatic carbocycles. The molecule has 0 aliphatic heterocycles. The van der Waals surface area contributed by atoms with E-state index >= 15 is 0 Å². The molecule has 0 N–H and O–H groups in total. The van der Waals surface area contributed by atoms with E-state index in [1.165, 1.54) is 5.56 Å². The third-order valence-electron chi connectivity index (χ3n) is 2.10. The normalized spacial score (nSPS) is 12.1. The van der Waals surface area contributed by atoms with Crippen molar-refractivity contribution in [3.8, 4) is 5.75 Å². The molecule has 0 fully saturated rings. The minimum absolute atomic E-state index is 0.611. The molecular formula is C13H12OS2. The van der Waals surface area contributed by atoms with Crippen LogP contribution in [-0.4, -0.2) is 0 Å². The molecular weight excluding hydrogens is 236 g/mol. The highest BCUT2D eigenvalue weighted by molar-refractivity contribution is 8.26. The van der Waals surface area contributed by atoms with Crippen LogP contribution in [0.4, 0.5) is 0 Å². The molecule has 0 aromatic heterocycles. The highest BCUT2D eigenvalue weighted by Crippen LogP contribution is 2.15. The highest BCUT2D eigenvalue weighted by Gasteiger charge is 2.01. The third-order valence-corrected chi connectivity index (χ3v) is 3.86. The summed E-state index contributed by atoms with van der Waals surface area (Å²) < 4.78 is 5.70. The molecule has 0 saturated carbocycles. The minimum Gasteiger partial charge on any atom is -0.419 e. The molecule has 2 aromatic rings. The molecule has 1 atom stereocenters. The SMILES string of the molecule is Cc1cccc(S(=S)Oc2ccccc2)c1. The molecule has 0 bridgehead atoms. The van der Waals surface area contributed by atoms with Crippen molar-refractivity contribution >= 4 is 20.9 Å². The maximum atomic E-state index is 5.70. The summed E-state index contributed by atoms with van der Waals surface area (Å²) in [6, 6.07) is 17.8. The van der Waals surface area contributed by atoms with E-state index in [4.69, 9.17) is 15.4 Å². The van der Waals surface area contributed by atoms with Gasteiger partial charge in [-0.15, -0.1) is 0 Å². The molecule has 82 valence electrons. The third kappa shape index (κ3) is 2.90. The lowest BCUT2D eigenvalue weighted by Gasteiger charge is -2.08. The van der Waals surface area contributed by atoms with E-state index in [9.17, 15) is 0 Å². The Labute approximate surface area is 103 Å². The van der Waals surface area contributed by atoms with Gasteiger partial charge < -0.3 is 4.18 Å². The lowest BCUT2D eigenvalue weighted by atomic mass is 10.2. The first-order chi connectivity index (χ1) is 7.75. The van der Waals surface area contributed by atoms with E-state index < -0.39 is 9.74 Å². The van der Waals surface area contributed by atoms with Gasteiger partial charge in [-0.25, -0.2) is 0 Å². The molecule has 2 rings (SSSR count). The zero-order chi connectivity index (χ0) is 11.4. The smallest absolute Gasteiger partial charge is 0.138 e. The number of benzene rings is 2. The maximum Gasteiger partial charge on any atom is 0.138 e. The van der Waals surface area contributed by atoms with Crippen LogP contribution in [0.5, 0.6) is 5.75 Å². The molecule has 0 aliphatic rings. The van der Waals surface area contributed by atoms with Crippen molar-refractivity contribution in [2.45, 2.75) is 11.8 Å². The Morgan fingerprint density at radius 2 is 1.75 bits per heavy atom.